The Morgan fingerprint density at radius 1 is 0.929 bits per heavy atom. The molecule has 6 nitrogen and oxygen atoms in total. The Labute approximate surface area is 175 Å². The summed E-state index contributed by atoms with van der Waals surface area (Å²) < 4.78 is 32.4. The van der Waals surface area contributed by atoms with E-state index in [-0.39, 0.29) is 11.5 Å². The van der Waals surface area contributed by atoms with E-state index in [1.54, 1.807) is 36.4 Å². The molecule has 0 bridgehead atoms. The normalized spacial score (nSPS) is 17.4. The van der Waals surface area contributed by atoms with Gasteiger partial charge in [0.15, 0.2) is 0 Å². The van der Waals surface area contributed by atoms with Crippen molar-refractivity contribution in [2.45, 2.75) is 11.0 Å². The first-order valence-corrected chi connectivity index (χ1v) is 11.1. The highest BCUT2D eigenvalue weighted by atomic mass is 35.5. The Balaban J connectivity index is 1.46. The van der Waals surface area contributed by atoms with Crippen molar-refractivity contribution in [3.05, 3.63) is 58.6 Å². The van der Waals surface area contributed by atoms with Gasteiger partial charge in [0.2, 0.25) is 10.0 Å². The number of aliphatic hydroxyl groups is 1. The van der Waals surface area contributed by atoms with Crippen LogP contribution in [-0.4, -0.2) is 68.2 Å². The third-order valence-electron chi connectivity index (χ3n) is 4.51. The molecule has 1 saturated heterocycles. The fourth-order valence-electron chi connectivity index (χ4n) is 2.98. The summed E-state index contributed by atoms with van der Waals surface area (Å²) in [5.41, 5.74) is 0. The molecule has 0 radical (unpaired) electrons. The Hall–Kier alpha value is -1.35. The molecule has 1 heterocycles. The van der Waals surface area contributed by atoms with Crippen LogP contribution >= 0.6 is 23.2 Å². The van der Waals surface area contributed by atoms with Gasteiger partial charge in [-0.05, 0) is 48.5 Å². The molecule has 1 aliphatic rings. The number of piperazine rings is 1. The van der Waals surface area contributed by atoms with Crippen molar-refractivity contribution in [3.63, 3.8) is 0 Å². The van der Waals surface area contributed by atoms with Gasteiger partial charge in [-0.15, -0.1) is 0 Å². The molecule has 152 valence electrons. The topological polar surface area (TPSA) is 70.1 Å². The Morgan fingerprint density at radius 3 is 2.04 bits per heavy atom. The second-order valence-electron chi connectivity index (χ2n) is 6.58. The maximum Gasteiger partial charge on any atom is 0.243 e. The average molecular weight is 445 g/mol. The van der Waals surface area contributed by atoms with E-state index in [0.29, 0.717) is 48.5 Å². The molecule has 0 aliphatic carbocycles. The van der Waals surface area contributed by atoms with Gasteiger partial charge < -0.3 is 9.84 Å². The highest BCUT2D eigenvalue weighted by Gasteiger charge is 2.29. The van der Waals surface area contributed by atoms with E-state index < -0.39 is 16.1 Å². The molecule has 2 aromatic carbocycles. The lowest BCUT2D eigenvalue weighted by molar-refractivity contribution is 0.0569. The molecule has 1 fully saturated rings. The Morgan fingerprint density at radius 2 is 1.46 bits per heavy atom. The van der Waals surface area contributed by atoms with E-state index in [9.17, 15) is 13.5 Å². The van der Waals surface area contributed by atoms with Crippen LogP contribution in [0.15, 0.2) is 53.4 Å². The van der Waals surface area contributed by atoms with E-state index in [2.05, 4.69) is 0 Å². The molecule has 0 amide bonds. The number of hydrogen-bond donors (Lipinski definition) is 1. The summed E-state index contributed by atoms with van der Waals surface area (Å²) in [6.45, 7) is 2.41. The summed E-state index contributed by atoms with van der Waals surface area (Å²) in [5.74, 6) is 0.641. The first kappa shape index (κ1) is 21.4. The molecule has 28 heavy (non-hydrogen) atoms. The van der Waals surface area contributed by atoms with Crippen LogP contribution in [0.5, 0.6) is 5.75 Å². The van der Waals surface area contributed by atoms with E-state index in [1.807, 2.05) is 4.90 Å². The van der Waals surface area contributed by atoms with Gasteiger partial charge in [-0.2, -0.15) is 4.31 Å². The number of β-amino-alcohol motifs (C(OH)–C–C–N with tert-alkyl or cyclic N) is 1. The number of rotatable bonds is 7. The van der Waals surface area contributed by atoms with Crippen LogP contribution in [0.1, 0.15) is 0 Å². The predicted molar refractivity (Wildman–Crippen MR) is 110 cm³/mol. The summed E-state index contributed by atoms with van der Waals surface area (Å²) in [7, 11) is -3.53. The van der Waals surface area contributed by atoms with Gasteiger partial charge in [-0.25, -0.2) is 8.42 Å². The van der Waals surface area contributed by atoms with Crippen molar-refractivity contribution in [2.24, 2.45) is 0 Å². The summed E-state index contributed by atoms with van der Waals surface area (Å²) in [6.07, 6.45) is -0.671. The van der Waals surface area contributed by atoms with Gasteiger partial charge in [0.25, 0.3) is 0 Å². The van der Waals surface area contributed by atoms with Crippen LogP contribution in [-0.2, 0) is 10.0 Å². The van der Waals surface area contributed by atoms with Crippen LogP contribution in [0.2, 0.25) is 10.0 Å². The summed E-state index contributed by atoms with van der Waals surface area (Å²) >= 11 is 11.7. The van der Waals surface area contributed by atoms with E-state index in [1.165, 1.54) is 16.4 Å². The van der Waals surface area contributed by atoms with Gasteiger partial charge in [0.1, 0.15) is 18.5 Å². The smallest absolute Gasteiger partial charge is 0.243 e. The number of hydrogen-bond acceptors (Lipinski definition) is 5. The van der Waals surface area contributed by atoms with Crippen molar-refractivity contribution in [1.82, 2.24) is 9.21 Å². The number of benzene rings is 2. The molecule has 0 spiro atoms. The van der Waals surface area contributed by atoms with Crippen molar-refractivity contribution < 1.29 is 18.3 Å². The van der Waals surface area contributed by atoms with Crippen LogP contribution < -0.4 is 4.74 Å². The molecular weight excluding hydrogens is 423 g/mol. The Bertz CT molecular complexity index is 868. The number of aliphatic hydroxyl groups excluding tert-OH is 1. The number of ether oxygens (including phenoxy) is 1. The van der Waals surface area contributed by atoms with Gasteiger partial charge in [0, 0.05) is 42.8 Å². The van der Waals surface area contributed by atoms with Crippen LogP contribution in [0.4, 0.5) is 0 Å². The third-order valence-corrected chi connectivity index (χ3v) is 6.92. The highest BCUT2D eigenvalue weighted by Crippen LogP contribution is 2.20. The van der Waals surface area contributed by atoms with Gasteiger partial charge in [-0.1, -0.05) is 23.2 Å². The molecule has 9 heteroatoms. The lowest BCUT2D eigenvalue weighted by Crippen LogP contribution is -2.50. The minimum atomic E-state index is -3.53. The largest absolute Gasteiger partial charge is 0.491 e. The van der Waals surface area contributed by atoms with Gasteiger partial charge in [-0.3, -0.25) is 4.90 Å². The molecule has 1 atom stereocenters. The molecular formula is C19H22Cl2N2O4S. The lowest BCUT2D eigenvalue weighted by atomic mass is 10.3. The standard InChI is InChI=1S/C19H22Cl2N2O4S/c20-15-1-5-18(6-2-15)27-14-17(24)13-22-9-11-23(12-10-22)28(25,26)19-7-3-16(21)4-8-19/h1-8,17,24H,9-14H2. The van der Waals surface area contributed by atoms with Crippen LogP contribution in [0, 0.1) is 0 Å². The zero-order valence-corrected chi connectivity index (χ0v) is 17.5. The summed E-state index contributed by atoms with van der Waals surface area (Å²) in [6, 6.07) is 13.1. The molecule has 1 N–H and O–H groups in total. The lowest BCUT2D eigenvalue weighted by Gasteiger charge is -2.34. The van der Waals surface area contributed by atoms with Gasteiger partial charge >= 0.3 is 0 Å². The minimum absolute atomic E-state index is 0.158. The van der Waals surface area contributed by atoms with Gasteiger partial charge in [0.05, 0.1) is 4.90 Å². The fraction of sp³-hybridized carbons (Fsp3) is 0.368. The number of nitrogens with zero attached hydrogens (tertiary/aromatic N) is 2. The van der Waals surface area contributed by atoms with E-state index >= 15 is 0 Å². The third kappa shape index (κ3) is 5.59. The zero-order valence-electron chi connectivity index (χ0n) is 15.2. The second kappa shape index (κ2) is 9.43. The van der Waals surface area contributed by atoms with Crippen molar-refractivity contribution in [3.8, 4) is 5.75 Å². The Kier molecular flexibility index (Phi) is 7.20. The van der Waals surface area contributed by atoms with E-state index in [0.717, 1.165) is 0 Å². The summed E-state index contributed by atoms with van der Waals surface area (Å²) in [4.78, 5) is 2.27. The quantitative estimate of drug-likeness (QED) is 0.710. The molecule has 2 aromatic rings. The van der Waals surface area contributed by atoms with Crippen LogP contribution in [0.25, 0.3) is 0 Å². The van der Waals surface area contributed by atoms with Crippen molar-refractivity contribution >= 4 is 33.2 Å². The summed E-state index contributed by atoms with van der Waals surface area (Å²) in [5, 5.41) is 11.3. The number of sulfonamides is 1. The second-order valence-corrected chi connectivity index (χ2v) is 9.39. The van der Waals surface area contributed by atoms with E-state index in [4.69, 9.17) is 27.9 Å². The predicted octanol–water partition coefficient (Wildman–Crippen LogP) is 2.74. The molecule has 1 unspecified atom stereocenters. The SMILES string of the molecule is O=S(=O)(c1ccc(Cl)cc1)N1CCN(CC(O)COc2ccc(Cl)cc2)CC1. The fourth-order valence-corrected chi connectivity index (χ4v) is 4.66. The zero-order chi connectivity index (χ0) is 20.1. The number of halogens is 2. The minimum Gasteiger partial charge on any atom is -0.491 e. The first-order valence-electron chi connectivity index (χ1n) is 8.89. The maximum absolute atomic E-state index is 12.7. The monoisotopic (exact) mass is 444 g/mol. The molecule has 3 rings (SSSR count). The van der Waals surface area contributed by atoms with Crippen molar-refractivity contribution in [1.29, 1.82) is 0 Å². The van der Waals surface area contributed by atoms with Crippen molar-refractivity contribution in [2.75, 3.05) is 39.3 Å². The maximum atomic E-state index is 12.7. The average Bonchev–Trinajstić information content (AvgIpc) is 2.68. The first-order chi connectivity index (χ1) is 13.3. The molecule has 0 saturated carbocycles. The highest BCUT2D eigenvalue weighted by molar-refractivity contribution is 7.89. The molecule has 1 aliphatic heterocycles. The molecule has 0 aromatic heterocycles. The van der Waals surface area contributed by atoms with Crippen LogP contribution in [0.3, 0.4) is 0 Å².